The van der Waals surface area contributed by atoms with E-state index in [0.717, 1.165) is 17.8 Å². The Bertz CT molecular complexity index is 122. The summed E-state index contributed by atoms with van der Waals surface area (Å²) in [5.74, 6) is 2.81. The fourth-order valence-corrected chi connectivity index (χ4v) is 2.35. The van der Waals surface area contributed by atoms with Crippen LogP contribution in [0.25, 0.3) is 0 Å². The van der Waals surface area contributed by atoms with Crippen LogP contribution in [0.1, 0.15) is 79.6 Å². The van der Waals surface area contributed by atoms with Crippen molar-refractivity contribution in [3.05, 3.63) is 0 Å². The standard InChI is InChI=1S/C15H32/c1-6-15(7-2)12-14(5)11-9-8-10-13(3)4/h13-15H,6-12H2,1-5H3. The maximum absolute atomic E-state index is 2.44. The van der Waals surface area contributed by atoms with Gasteiger partial charge in [0.05, 0.1) is 0 Å². The van der Waals surface area contributed by atoms with Gasteiger partial charge < -0.3 is 0 Å². The molecule has 0 aliphatic rings. The Kier molecular flexibility index (Phi) is 9.24. The van der Waals surface area contributed by atoms with Crippen LogP contribution in [0.15, 0.2) is 0 Å². The lowest BCUT2D eigenvalue weighted by Gasteiger charge is -2.18. The summed E-state index contributed by atoms with van der Waals surface area (Å²) in [7, 11) is 0. The molecule has 92 valence electrons. The van der Waals surface area contributed by atoms with Gasteiger partial charge in [0.25, 0.3) is 0 Å². The number of rotatable bonds is 9. The molecule has 0 aliphatic heterocycles. The van der Waals surface area contributed by atoms with Crippen LogP contribution in [0.4, 0.5) is 0 Å². The van der Waals surface area contributed by atoms with Crippen molar-refractivity contribution in [3.8, 4) is 0 Å². The van der Waals surface area contributed by atoms with Crippen molar-refractivity contribution >= 4 is 0 Å². The molecule has 0 aliphatic carbocycles. The molecule has 0 rings (SSSR count). The first kappa shape index (κ1) is 15.0. The topological polar surface area (TPSA) is 0 Å². The first-order chi connectivity index (χ1) is 7.10. The van der Waals surface area contributed by atoms with Crippen LogP contribution in [0, 0.1) is 17.8 Å². The molecule has 0 aromatic heterocycles. The zero-order valence-corrected chi connectivity index (χ0v) is 11.7. The quantitative estimate of drug-likeness (QED) is 0.432. The van der Waals surface area contributed by atoms with Crippen molar-refractivity contribution < 1.29 is 0 Å². The van der Waals surface area contributed by atoms with E-state index in [1.54, 1.807) is 0 Å². The first-order valence-corrected chi connectivity index (χ1v) is 7.10. The summed E-state index contributed by atoms with van der Waals surface area (Å²) in [5.41, 5.74) is 0. The summed E-state index contributed by atoms with van der Waals surface area (Å²) >= 11 is 0. The molecule has 1 atom stereocenters. The fraction of sp³-hybridized carbons (Fsp3) is 1.00. The number of hydrogen-bond donors (Lipinski definition) is 0. The molecule has 0 aromatic carbocycles. The fourth-order valence-electron chi connectivity index (χ4n) is 2.35. The van der Waals surface area contributed by atoms with Gasteiger partial charge in [0.15, 0.2) is 0 Å². The van der Waals surface area contributed by atoms with Crippen LogP contribution < -0.4 is 0 Å². The minimum Gasteiger partial charge on any atom is -0.0651 e. The minimum atomic E-state index is 0.888. The molecule has 0 saturated carbocycles. The Morgan fingerprint density at radius 3 is 1.80 bits per heavy atom. The summed E-state index contributed by atoms with van der Waals surface area (Å²) in [5, 5.41) is 0. The molecular formula is C15H32. The molecule has 0 heterocycles. The van der Waals surface area contributed by atoms with E-state index < -0.39 is 0 Å². The molecule has 1 unspecified atom stereocenters. The smallest absolute Gasteiger partial charge is 0.0417 e. The molecule has 0 aromatic rings. The molecule has 0 heteroatoms. The van der Waals surface area contributed by atoms with Gasteiger partial charge in [0, 0.05) is 0 Å². The van der Waals surface area contributed by atoms with E-state index in [1.807, 2.05) is 0 Å². The zero-order chi connectivity index (χ0) is 11.7. The van der Waals surface area contributed by atoms with Gasteiger partial charge in [-0.3, -0.25) is 0 Å². The van der Waals surface area contributed by atoms with Gasteiger partial charge in [0.2, 0.25) is 0 Å². The van der Waals surface area contributed by atoms with Crippen LogP contribution in [0.5, 0.6) is 0 Å². The molecule has 0 nitrogen and oxygen atoms in total. The van der Waals surface area contributed by atoms with Crippen molar-refractivity contribution in [2.24, 2.45) is 17.8 Å². The highest BCUT2D eigenvalue weighted by Crippen LogP contribution is 2.23. The van der Waals surface area contributed by atoms with E-state index in [9.17, 15) is 0 Å². The third kappa shape index (κ3) is 8.96. The largest absolute Gasteiger partial charge is 0.0651 e. The van der Waals surface area contributed by atoms with E-state index in [2.05, 4.69) is 34.6 Å². The zero-order valence-electron chi connectivity index (χ0n) is 11.7. The van der Waals surface area contributed by atoms with E-state index in [4.69, 9.17) is 0 Å². The highest BCUT2D eigenvalue weighted by molar-refractivity contribution is 4.61. The van der Waals surface area contributed by atoms with Crippen LogP contribution in [0.2, 0.25) is 0 Å². The minimum absolute atomic E-state index is 0.888. The summed E-state index contributed by atoms with van der Waals surface area (Å²) in [6, 6.07) is 0. The number of unbranched alkanes of at least 4 members (excludes halogenated alkanes) is 1. The maximum Gasteiger partial charge on any atom is -0.0417 e. The lowest BCUT2D eigenvalue weighted by Crippen LogP contribution is -2.05. The normalized spacial score (nSPS) is 13.8. The SMILES string of the molecule is CCC(CC)CC(C)CCCCC(C)C. The monoisotopic (exact) mass is 212 g/mol. The molecule has 0 spiro atoms. The molecule has 0 saturated heterocycles. The summed E-state index contributed by atoms with van der Waals surface area (Å²) in [6.07, 6.45) is 9.93. The summed E-state index contributed by atoms with van der Waals surface area (Å²) in [4.78, 5) is 0. The van der Waals surface area contributed by atoms with Gasteiger partial charge in [-0.25, -0.2) is 0 Å². The van der Waals surface area contributed by atoms with Gasteiger partial charge in [-0.2, -0.15) is 0 Å². The van der Waals surface area contributed by atoms with Crippen molar-refractivity contribution in [2.75, 3.05) is 0 Å². The van der Waals surface area contributed by atoms with Crippen LogP contribution in [-0.2, 0) is 0 Å². The van der Waals surface area contributed by atoms with E-state index in [0.29, 0.717) is 0 Å². The second kappa shape index (κ2) is 9.24. The average molecular weight is 212 g/mol. The summed E-state index contributed by atoms with van der Waals surface area (Å²) < 4.78 is 0. The molecule has 0 fully saturated rings. The third-order valence-electron chi connectivity index (χ3n) is 3.62. The van der Waals surface area contributed by atoms with E-state index >= 15 is 0 Å². The van der Waals surface area contributed by atoms with Gasteiger partial charge >= 0.3 is 0 Å². The average Bonchev–Trinajstić information content (AvgIpc) is 2.20. The second-order valence-electron chi connectivity index (χ2n) is 5.70. The molecule has 0 radical (unpaired) electrons. The van der Waals surface area contributed by atoms with Crippen LogP contribution in [0.3, 0.4) is 0 Å². The van der Waals surface area contributed by atoms with Crippen molar-refractivity contribution in [1.82, 2.24) is 0 Å². The molecule has 0 amide bonds. The Morgan fingerprint density at radius 1 is 0.800 bits per heavy atom. The lowest BCUT2D eigenvalue weighted by atomic mass is 9.88. The Hall–Kier alpha value is 0. The van der Waals surface area contributed by atoms with E-state index in [1.165, 1.54) is 44.9 Å². The molecule has 0 N–H and O–H groups in total. The van der Waals surface area contributed by atoms with Crippen molar-refractivity contribution in [1.29, 1.82) is 0 Å². The highest BCUT2D eigenvalue weighted by atomic mass is 14.1. The maximum atomic E-state index is 2.44. The van der Waals surface area contributed by atoms with Gasteiger partial charge in [-0.1, -0.05) is 73.1 Å². The molecule has 0 bridgehead atoms. The van der Waals surface area contributed by atoms with Gasteiger partial charge in [0.1, 0.15) is 0 Å². The predicted octanol–water partition coefficient (Wildman–Crippen LogP) is 5.67. The Labute approximate surface area is 97.8 Å². The predicted molar refractivity (Wildman–Crippen MR) is 71.2 cm³/mol. The first-order valence-electron chi connectivity index (χ1n) is 7.10. The Morgan fingerprint density at radius 2 is 1.33 bits per heavy atom. The Balaban J connectivity index is 3.43. The third-order valence-corrected chi connectivity index (χ3v) is 3.62. The van der Waals surface area contributed by atoms with Gasteiger partial charge in [-0.05, 0) is 24.2 Å². The second-order valence-corrected chi connectivity index (χ2v) is 5.70. The molecular weight excluding hydrogens is 180 g/mol. The molecule has 15 heavy (non-hydrogen) atoms. The highest BCUT2D eigenvalue weighted by Gasteiger charge is 2.09. The van der Waals surface area contributed by atoms with Gasteiger partial charge in [-0.15, -0.1) is 0 Å². The summed E-state index contributed by atoms with van der Waals surface area (Å²) in [6.45, 7) is 11.8. The van der Waals surface area contributed by atoms with Crippen molar-refractivity contribution in [2.45, 2.75) is 79.6 Å². The van der Waals surface area contributed by atoms with Crippen LogP contribution in [-0.4, -0.2) is 0 Å². The lowest BCUT2D eigenvalue weighted by molar-refractivity contribution is 0.345. The van der Waals surface area contributed by atoms with Crippen LogP contribution >= 0.6 is 0 Å². The number of hydrogen-bond acceptors (Lipinski definition) is 0. The van der Waals surface area contributed by atoms with E-state index in [-0.39, 0.29) is 0 Å². The van der Waals surface area contributed by atoms with Crippen molar-refractivity contribution in [3.63, 3.8) is 0 Å².